The van der Waals surface area contributed by atoms with E-state index in [2.05, 4.69) is 0 Å². The van der Waals surface area contributed by atoms with Gasteiger partial charge in [-0.25, -0.2) is 0 Å². The Morgan fingerprint density at radius 2 is 2.29 bits per heavy atom. The molecule has 94 valence electrons. The average Bonchev–Trinajstić information content (AvgIpc) is 2.30. The van der Waals surface area contributed by atoms with Crippen molar-refractivity contribution < 1.29 is 14.6 Å². The third kappa shape index (κ3) is 3.72. The number of hydrogen-bond acceptors (Lipinski definition) is 4. The number of carbonyl (C=O) groups is 1. The lowest BCUT2D eigenvalue weighted by atomic mass is 10.2. The van der Waals surface area contributed by atoms with Gasteiger partial charge in [0.2, 0.25) is 0 Å². The van der Waals surface area contributed by atoms with Crippen molar-refractivity contribution in [3.05, 3.63) is 29.8 Å². The van der Waals surface area contributed by atoms with Gasteiger partial charge in [0.05, 0.1) is 0 Å². The molecular weight excluding hydrogens is 220 g/mol. The molecule has 1 rings (SSSR count). The van der Waals surface area contributed by atoms with E-state index in [1.54, 1.807) is 25.2 Å². The van der Waals surface area contributed by atoms with E-state index in [0.717, 1.165) is 5.56 Å². The molecule has 0 saturated carbocycles. The predicted octanol–water partition coefficient (Wildman–Crippen LogP) is 0.324. The number of aromatic hydroxyl groups is 1. The van der Waals surface area contributed by atoms with Crippen molar-refractivity contribution >= 4 is 5.91 Å². The number of rotatable bonds is 5. The van der Waals surface area contributed by atoms with Gasteiger partial charge in [0.15, 0.2) is 0 Å². The second-order valence-electron chi connectivity index (χ2n) is 3.82. The summed E-state index contributed by atoms with van der Waals surface area (Å²) in [6.07, 6.45) is -0.614. The number of likely N-dealkylation sites (N-methyl/N-ethyl adjacent to an activating group) is 1. The van der Waals surface area contributed by atoms with Gasteiger partial charge in [-0.1, -0.05) is 12.1 Å². The first kappa shape index (κ1) is 13.5. The van der Waals surface area contributed by atoms with Gasteiger partial charge in [-0.2, -0.15) is 0 Å². The number of benzene rings is 1. The molecule has 1 amide bonds. The summed E-state index contributed by atoms with van der Waals surface area (Å²) in [6, 6.07) is 6.78. The number of carbonyl (C=O) groups excluding carboxylic acids is 1. The quantitative estimate of drug-likeness (QED) is 0.775. The fraction of sp³-hybridized carbons (Fsp3) is 0.417. The lowest BCUT2D eigenvalue weighted by molar-refractivity contribution is -0.140. The topological polar surface area (TPSA) is 75.8 Å². The van der Waals surface area contributed by atoms with E-state index in [1.807, 2.05) is 6.07 Å². The van der Waals surface area contributed by atoms with Gasteiger partial charge in [0.1, 0.15) is 11.9 Å². The van der Waals surface area contributed by atoms with E-state index in [9.17, 15) is 9.90 Å². The highest BCUT2D eigenvalue weighted by Gasteiger charge is 2.20. The molecule has 0 heterocycles. The third-order valence-corrected chi connectivity index (χ3v) is 2.48. The first-order chi connectivity index (χ1) is 8.08. The van der Waals surface area contributed by atoms with Crippen molar-refractivity contribution in [1.29, 1.82) is 0 Å². The molecule has 5 heteroatoms. The third-order valence-electron chi connectivity index (χ3n) is 2.48. The minimum absolute atomic E-state index is 0.152. The minimum Gasteiger partial charge on any atom is -0.508 e. The van der Waals surface area contributed by atoms with E-state index < -0.39 is 6.10 Å². The molecule has 3 N–H and O–H groups in total. The molecule has 1 aromatic carbocycles. The Kier molecular flexibility index (Phi) is 4.93. The molecule has 1 atom stereocenters. The van der Waals surface area contributed by atoms with Crippen molar-refractivity contribution in [2.75, 3.05) is 20.7 Å². The fourth-order valence-electron chi connectivity index (χ4n) is 1.55. The SMILES string of the molecule is COC(CN)C(=O)N(C)Cc1cccc(O)c1. The molecule has 0 spiro atoms. The second kappa shape index (κ2) is 6.22. The summed E-state index contributed by atoms with van der Waals surface area (Å²) in [5, 5.41) is 9.32. The van der Waals surface area contributed by atoms with Crippen LogP contribution in [0, 0.1) is 0 Å². The summed E-state index contributed by atoms with van der Waals surface area (Å²) in [4.78, 5) is 13.4. The Morgan fingerprint density at radius 3 is 2.82 bits per heavy atom. The Labute approximate surface area is 101 Å². The molecule has 0 aliphatic heterocycles. The van der Waals surface area contributed by atoms with Crippen LogP contribution in [0.1, 0.15) is 5.56 Å². The van der Waals surface area contributed by atoms with Crippen molar-refractivity contribution in [2.24, 2.45) is 5.73 Å². The normalized spacial score (nSPS) is 12.2. The Bertz CT molecular complexity index is 378. The molecule has 0 aliphatic rings. The summed E-state index contributed by atoms with van der Waals surface area (Å²) in [5.74, 6) is 0.0174. The van der Waals surface area contributed by atoms with Crippen molar-refractivity contribution in [3.8, 4) is 5.75 Å². The highest BCUT2D eigenvalue weighted by Crippen LogP contribution is 2.12. The van der Waals surface area contributed by atoms with Crippen LogP contribution in [0.5, 0.6) is 5.75 Å². The molecule has 0 saturated heterocycles. The largest absolute Gasteiger partial charge is 0.508 e. The predicted molar refractivity (Wildman–Crippen MR) is 64.4 cm³/mol. The molecule has 0 aliphatic carbocycles. The van der Waals surface area contributed by atoms with Crippen molar-refractivity contribution in [3.63, 3.8) is 0 Å². The zero-order chi connectivity index (χ0) is 12.8. The van der Waals surface area contributed by atoms with Crippen LogP contribution in [-0.4, -0.2) is 42.7 Å². The smallest absolute Gasteiger partial charge is 0.253 e. The molecule has 0 bridgehead atoms. The van der Waals surface area contributed by atoms with Gasteiger partial charge in [0.25, 0.3) is 5.91 Å². The molecular formula is C12H18N2O3. The van der Waals surface area contributed by atoms with Crippen LogP contribution in [0.2, 0.25) is 0 Å². The zero-order valence-electron chi connectivity index (χ0n) is 10.1. The van der Waals surface area contributed by atoms with E-state index in [1.165, 1.54) is 12.0 Å². The van der Waals surface area contributed by atoms with Crippen LogP contribution >= 0.6 is 0 Å². The standard InChI is InChI=1S/C12H18N2O3/c1-14(12(16)11(7-13)17-2)8-9-4-3-5-10(15)6-9/h3-6,11,15H,7-8,13H2,1-2H3. The number of phenols is 1. The van der Waals surface area contributed by atoms with Crippen molar-refractivity contribution in [1.82, 2.24) is 4.90 Å². The zero-order valence-corrected chi connectivity index (χ0v) is 10.1. The molecule has 1 unspecified atom stereocenters. The van der Waals surface area contributed by atoms with E-state index in [0.29, 0.717) is 6.54 Å². The van der Waals surface area contributed by atoms with Gasteiger partial charge in [-0.15, -0.1) is 0 Å². The van der Waals surface area contributed by atoms with Gasteiger partial charge < -0.3 is 20.5 Å². The molecule has 1 aromatic rings. The van der Waals surface area contributed by atoms with E-state index >= 15 is 0 Å². The molecule has 0 fully saturated rings. The highest BCUT2D eigenvalue weighted by molar-refractivity contribution is 5.80. The lowest BCUT2D eigenvalue weighted by Gasteiger charge is -2.22. The van der Waals surface area contributed by atoms with Gasteiger partial charge >= 0.3 is 0 Å². The summed E-state index contributed by atoms with van der Waals surface area (Å²) < 4.78 is 4.98. The fourth-order valence-corrected chi connectivity index (χ4v) is 1.55. The van der Waals surface area contributed by atoms with Crippen LogP contribution in [0.15, 0.2) is 24.3 Å². The summed E-state index contributed by atoms with van der Waals surface area (Å²) in [6.45, 7) is 0.562. The maximum Gasteiger partial charge on any atom is 0.253 e. The van der Waals surface area contributed by atoms with Crippen LogP contribution in [0.25, 0.3) is 0 Å². The lowest BCUT2D eigenvalue weighted by Crippen LogP contribution is -2.41. The average molecular weight is 238 g/mol. The minimum atomic E-state index is -0.614. The van der Waals surface area contributed by atoms with Gasteiger partial charge in [-0.05, 0) is 17.7 Å². The maximum atomic E-state index is 11.9. The molecule has 17 heavy (non-hydrogen) atoms. The molecule has 5 nitrogen and oxygen atoms in total. The molecule has 0 radical (unpaired) electrons. The summed E-state index contributed by atoms with van der Waals surface area (Å²) in [5.41, 5.74) is 6.28. The first-order valence-corrected chi connectivity index (χ1v) is 5.34. The van der Waals surface area contributed by atoms with Crippen LogP contribution in [0.3, 0.4) is 0 Å². The van der Waals surface area contributed by atoms with Gasteiger partial charge in [-0.3, -0.25) is 4.79 Å². The highest BCUT2D eigenvalue weighted by atomic mass is 16.5. The number of amides is 1. The number of phenolic OH excluding ortho intramolecular Hbond substituents is 1. The summed E-state index contributed by atoms with van der Waals surface area (Å²) >= 11 is 0. The Balaban J connectivity index is 2.65. The summed E-state index contributed by atoms with van der Waals surface area (Å²) in [7, 11) is 3.13. The number of nitrogens with two attached hydrogens (primary N) is 1. The van der Waals surface area contributed by atoms with Crippen LogP contribution in [-0.2, 0) is 16.1 Å². The van der Waals surface area contributed by atoms with Crippen LogP contribution in [0.4, 0.5) is 0 Å². The number of hydrogen-bond donors (Lipinski definition) is 2. The maximum absolute atomic E-state index is 11.9. The molecule has 0 aromatic heterocycles. The van der Waals surface area contributed by atoms with Crippen molar-refractivity contribution in [2.45, 2.75) is 12.6 Å². The Hall–Kier alpha value is -1.59. The van der Waals surface area contributed by atoms with E-state index in [-0.39, 0.29) is 18.2 Å². The number of nitrogens with zero attached hydrogens (tertiary/aromatic N) is 1. The van der Waals surface area contributed by atoms with Crippen LogP contribution < -0.4 is 5.73 Å². The van der Waals surface area contributed by atoms with E-state index in [4.69, 9.17) is 10.5 Å². The first-order valence-electron chi connectivity index (χ1n) is 5.34. The monoisotopic (exact) mass is 238 g/mol. The Morgan fingerprint density at radius 1 is 1.59 bits per heavy atom. The second-order valence-corrected chi connectivity index (χ2v) is 3.82. The number of ether oxygens (including phenoxy) is 1. The number of methoxy groups -OCH3 is 1. The van der Waals surface area contributed by atoms with Gasteiger partial charge in [0, 0.05) is 27.2 Å².